The number of aliphatic hydroxyl groups is 1. The number of hydrogen-bond donors (Lipinski definition) is 2. The summed E-state index contributed by atoms with van der Waals surface area (Å²) in [5.74, 6) is 0.662. The minimum Gasteiger partial charge on any atom is -0.473 e. The van der Waals surface area contributed by atoms with Crippen LogP contribution in [0.1, 0.15) is 12.0 Å². The summed E-state index contributed by atoms with van der Waals surface area (Å²) in [6.45, 7) is 0. The summed E-state index contributed by atoms with van der Waals surface area (Å²) in [5.41, 5.74) is 9.59. The molecule has 142 valence electrons. The Morgan fingerprint density at radius 1 is 0.893 bits per heavy atom. The predicted molar refractivity (Wildman–Crippen MR) is 117 cm³/mol. The number of fused-ring (bicyclic) bond motifs is 1. The maximum atomic E-state index is 10.3. The lowest BCUT2D eigenvalue weighted by molar-refractivity contribution is 0.0349. The molecule has 0 fully saturated rings. The highest BCUT2D eigenvalue weighted by Gasteiger charge is 2.16. The Labute approximate surface area is 169 Å². The SMILES string of the molecule is N[C@H](Oc1ccc(-c2csc3ccccc23)cc1)C(O)CCc1ccccc1. The van der Waals surface area contributed by atoms with E-state index in [2.05, 4.69) is 29.6 Å². The zero-order valence-electron chi connectivity index (χ0n) is 15.5. The maximum Gasteiger partial charge on any atom is 0.173 e. The van der Waals surface area contributed by atoms with E-state index >= 15 is 0 Å². The molecule has 1 aromatic heterocycles. The average molecular weight is 390 g/mol. The van der Waals surface area contributed by atoms with Gasteiger partial charge in [0.05, 0.1) is 0 Å². The molecule has 3 aromatic carbocycles. The molecule has 0 radical (unpaired) electrons. The molecule has 0 spiro atoms. The molecular formula is C24H23NO2S. The quantitative estimate of drug-likeness (QED) is 0.426. The van der Waals surface area contributed by atoms with Gasteiger partial charge >= 0.3 is 0 Å². The van der Waals surface area contributed by atoms with E-state index in [0.717, 1.165) is 12.0 Å². The third-order valence-corrected chi connectivity index (χ3v) is 5.83. The Balaban J connectivity index is 1.38. The fourth-order valence-electron chi connectivity index (χ4n) is 3.27. The van der Waals surface area contributed by atoms with Crippen LogP contribution in [0.15, 0.2) is 84.2 Å². The third kappa shape index (κ3) is 4.25. The molecule has 28 heavy (non-hydrogen) atoms. The van der Waals surface area contributed by atoms with Crippen LogP contribution < -0.4 is 10.5 Å². The van der Waals surface area contributed by atoms with Crippen molar-refractivity contribution in [2.75, 3.05) is 0 Å². The number of ether oxygens (including phenoxy) is 1. The number of hydrogen-bond acceptors (Lipinski definition) is 4. The van der Waals surface area contributed by atoms with Crippen molar-refractivity contribution in [2.24, 2.45) is 5.73 Å². The van der Waals surface area contributed by atoms with Gasteiger partial charge in [-0.15, -0.1) is 11.3 Å². The van der Waals surface area contributed by atoms with Crippen LogP contribution >= 0.6 is 11.3 Å². The van der Waals surface area contributed by atoms with E-state index in [0.29, 0.717) is 12.2 Å². The zero-order valence-corrected chi connectivity index (χ0v) is 16.3. The van der Waals surface area contributed by atoms with Crippen molar-refractivity contribution in [1.29, 1.82) is 0 Å². The van der Waals surface area contributed by atoms with Gasteiger partial charge in [-0.1, -0.05) is 60.7 Å². The first-order chi connectivity index (χ1) is 13.7. The largest absolute Gasteiger partial charge is 0.473 e. The summed E-state index contributed by atoms with van der Waals surface area (Å²) in [6.07, 6.45) is -0.148. The van der Waals surface area contributed by atoms with Crippen LogP contribution in [0.3, 0.4) is 0 Å². The first kappa shape index (κ1) is 18.7. The predicted octanol–water partition coefficient (Wildman–Crippen LogP) is 5.23. The monoisotopic (exact) mass is 389 g/mol. The fraction of sp³-hybridized carbons (Fsp3) is 0.167. The van der Waals surface area contributed by atoms with Crippen LogP contribution in [0, 0.1) is 0 Å². The molecule has 0 aliphatic carbocycles. The number of thiophene rings is 1. The van der Waals surface area contributed by atoms with Gasteiger partial charge in [0.15, 0.2) is 6.23 Å². The van der Waals surface area contributed by atoms with Crippen LogP contribution in [0.4, 0.5) is 0 Å². The van der Waals surface area contributed by atoms with Crippen molar-refractivity contribution < 1.29 is 9.84 Å². The lowest BCUT2D eigenvalue weighted by Crippen LogP contribution is -2.40. The molecule has 3 N–H and O–H groups in total. The second-order valence-electron chi connectivity index (χ2n) is 6.84. The molecule has 0 aliphatic rings. The molecule has 0 amide bonds. The van der Waals surface area contributed by atoms with Gasteiger partial charge in [0.1, 0.15) is 11.9 Å². The normalized spacial score (nSPS) is 13.4. The van der Waals surface area contributed by atoms with Crippen molar-refractivity contribution in [3.8, 4) is 16.9 Å². The Hall–Kier alpha value is -2.66. The Morgan fingerprint density at radius 2 is 1.61 bits per heavy atom. The lowest BCUT2D eigenvalue weighted by atomic mass is 10.0. The van der Waals surface area contributed by atoms with E-state index in [1.807, 2.05) is 54.6 Å². The van der Waals surface area contributed by atoms with E-state index in [4.69, 9.17) is 10.5 Å². The van der Waals surface area contributed by atoms with Gasteiger partial charge in [0.25, 0.3) is 0 Å². The molecule has 1 unspecified atom stereocenters. The van der Waals surface area contributed by atoms with Gasteiger partial charge in [0, 0.05) is 15.6 Å². The minimum absolute atomic E-state index is 0.560. The summed E-state index contributed by atoms with van der Waals surface area (Å²) in [6, 6.07) is 26.4. The van der Waals surface area contributed by atoms with Crippen LogP contribution in [-0.2, 0) is 6.42 Å². The van der Waals surface area contributed by atoms with Crippen molar-refractivity contribution in [1.82, 2.24) is 0 Å². The lowest BCUT2D eigenvalue weighted by Gasteiger charge is -2.20. The highest BCUT2D eigenvalue weighted by Crippen LogP contribution is 2.34. The molecule has 1 heterocycles. The highest BCUT2D eigenvalue weighted by atomic mass is 32.1. The minimum atomic E-state index is -0.753. The smallest absolute Gasteiger partial charge is 0.173 e. The van der Waals surface area contributed by atoms with Gasteiger partial charge in [-0.25, -0.2) is 0 Å². The van der Waals surface area contributed by atoms with Crippen molar-refractivity contribution in [3.63, 3.8) is 0 Å². The van der Waals surface area contributed by atoms with Gasteiger partial charge in [-0.2, -0.15) is 0 Å². The van der Waals surface area contributed by atoms with Crippen LogP contribution in [-0.4, -0.2) is 17.4 Å². The molecule has 0 saturated heterocycles. The molecule has 4 aromatic rings. The van der Waals surface area contributed by atoms with Crippen LogP contribution in [0.5, 0.6) is 5.75 Å². The Kier molecular flexibility index (Phi) is 5.72. The summed E-state index contributed by atoms with van der Waals surface area (Å²) < 4.78 is 7.03. The zero-order chi connectivity index (χ0) is 19.3. The van der Waals surface area contributed by atoms with Crippen molar-refractivity contribution in [2.45, 2.75) is 25.2 Å². The van der Waals surface area contributed by atoms with E-state index < -0.39 is 12.3 Å². The average Bonchev–Trinajstić information content (AvgIpc) is 3.17. The second-order valence-corrected chi connectivity index (χ2v) is 7.76. The number of aliphatic hydroxyl groups excluding tert-OH is 1. The Bertz CT molecular complexity index is 1030. The topological polar surface area (TPSA) is 55.5 Å². The van der Waals surface area contributed by atoms with Gasteiger partial charge in [0.2, 0.25) is 0 Å². The molecular weight excluding hydrogens is 366 g/mol. The summed E-state index contributed by atoms with van der Waals surface area (Å²) in [4.78, 5) is 0. The maximum absolute atomic E-state index is 10.3. The number of benzene rings is 3. The highest BCUT2D eigenvalue weighted by molar-refractivity contribution is 7.17. The fourth-order valence-corrected chi connectivity index (χ4v) is 4.24. The number of nitrogens with two attached hydrogens (primary N) is 1. The molecule has 0 aliphatic heterocycles. The summed E-state index contributed by atoms with van der Waals surface area (Å²) in [7, 11) is 0. The van der Waals surface area contributed by atoms with Crippen molar-refractivity contribution in [3.05, 3.63) is 89.8 Å². The van der Waals surface area contributed by atoms with E-state index in [1.165, 1.54) is 21.2 Å². The molecule has 2 atom stereocenters. The second kappa shape index (κ2) is 8.57. The van der Waals surface area contributed by atoms with Gasteiger partial charge < -0.3 is 9.84 Å². The number of rotatable bonds is 7. The Morgan fingerprint density at radius 3 is 2.39 bits per heavy atom. The van der Waals surface area contributed by atoms with Crippen molar-refractivity contribution >= 4 is 21.4 Å². The summed E-state index contributed by atoms with van der Waals surface area (Å²) in [5, 5.41) is 13.8. The molecule has 3 nitrogen and oxygen atoms in total. The van der Waals surface area contributed by atoms with Gasteiger partial charge in [-0.3, -0.25) is 5.73 Å². The molecule has 4 rings (SSSR count). The van der Waals surface area contributed by atoms with Crippen LogP contribution in [0.25, 0.3) is 21.2 Å². The first-order valence-electron chi connectivity index (χ1n) is 9.41. The van der Waals surface area contributed by atoms with E-state index in [1.54, 1.807) is 11.3 Å². The first-order valence-corrected chi connectivity index (χ1v) is 10.3. The molecule has 0 saturated carbocycles. The van der Waals surface area contributed by atoms with E-state index in [-0.39, 0.29) is 0 Å². The number of aryl methyl sites for hydroxylation is 1. The standard InChI is InChI=1S/C24H23NO2S/c25-24(22(26)15-10-17-6-2-1-3-7-17)27-19-13-11-18(12-14-19)21-16-28-23-9-5-4-8-20(21)23/h1-9,11-14,16,22,24,26H,10,15,25H2/t22?,24-/m1/s1. The van der Waals surface area contributed by atoms with E-state index in [9.17, 15) is 5.11 Å². The summed E-state index contributed by atoms with van der Waals surface area (Å²) >= 11 is 1.75. The van der Waals surface area contributed by atoms with Gasteiger partial charge in [-0.05, 0) is 47.5 Å². The third-order valence-electron chi connectivity index (χ3n) is 4.87. The molecule has 0 bridgehead atoms. The molecule has 4 heteroatoms. The van der Waals surface area contributed by atoms with Crippen LogP contribution in [0.2, 0.25) is 0 Å².